The average Bonchev–Trinajstić information content (AvgIpc) is 3.30. The Morgan fingerprint density at radius 2 is 2.00 bits per heavy atom. The summed E-state index contributed by atoms with van der Waals surface area (Å²) in [6, 6.07) is 12.2. The Morgan fingerprint density at radius 3 is 2.88 bits per heavy atom. The Morgan fingerprint density at radius 1 is 1.12 bits per heavy atom. The molecule has 8 nitrogen and oxygen atoms in total. The molecule has 2 N–H and O–H groups in total. The van der Waals surface area contributed by atoms with Gasteiger partial charge in [-0.2, -0.15) is 0 Å². The number of benzene rings is 2. The zero-order valence-corrected chi connectivity index (χ0v) is 14.5. The molecule has 2 amide bonds. The highest BCUT2D eigenvalue weighted by molar-refractivity contribution is 7.18. The predicted octanol–water partition coefficient (Wildman–Crippen LogP) is 3.59. The van der Waals surface area contributed by atoms with Crippen molar-refractivity contribution in [2.45, 2.75) is 0 Å². The summed E-state index contributed by atoms with van der Waals surface area (Å²) in [5, 5.41) is 14.6. The summed E-state index contributed by atoms with van der Waals surface area (Å²) >= 11 is 1.26. The van der Waals surface area contributed by atoms with Gasteiger partial charge in [-0.3, -0.25) is 5.32 Å². The summed E-state index contributed by atoms with van der Waals surface area (Å²) in [5.41, 5.74) is 1.45. The maximum Gasteiger partial charge on any atom is 0.325 e. The Kier molecular flexibility index (Phi) is 4.28. The summed E-state index contributed by atoms with van der Waals surface area (Å²) in [6.07, 6.45) is 0. The van der Waals surface area contributed by atoms with Crippen LogP contribution in [-0.2, 0) is 0 Å². The first-order valence-corrected chi connectivity index (χ1v) is 8.48. The lowest BCUT2D eigenvalue weighted by atomic mass is 10.2. The number of fused-ring (bicyclic) bond motifs is 1. The van der Waals surface area contributed by atoms with Gasteiger partial charge in [-0.25, -0.2) is 4.79 Å². The Labute approximate surface area is 152 Å². The molecule has 0 unspecified atom stereocenters. The Balaban J connectivity index is 1.44. The molecule has 0 saturated heterocycles. The number of nitrogens with one attached hydrogen (secondary N) is 2. The summed E-state index contributed by atoms with van der Waals surface area (Å²) in [4.78, 5) is 12.1. The van der Waals surface area contributed by atoms with Crippen molar-refractivity contribution in [3.63, 3.8) is 0 Å². The lowest BCUT2D eigenvalue weighted by Gasteiger charge is -2.06. The second-order valence-corrected chi connectivity index (χ2v) is 6.27. The SMILES string of the molecule is COc1cccc(NC(=O)Nc2nnc(-c3ccc4c(c3)OCO4)s2)c1. The van der Waals surface area contributed by atoms with Crippen molar-refractivity contribution in [2.75, 3.05) is 24.5 Å². The molecule has 26 heavy (non-hydrogen) atoms. The van der Waals surface area contributed by atoms with E-state index in [1.165, 1.54) is 11.3 Å². The van der Waals surface area contributed by atoms with E-state index in [4.69, 9.17) is 14.2 Å². The van der Waals surface area contributed by atoms with Gasteiger partial charge in [0.15, 0.2) is 11.5 Å². The van der Waals surface area contributed by atoms with Crippen LogP contribution in [0.5, 0.6) is 17.2 Å². The molecule has 0 bridgehead atoms. The molecular weight excluding hydrogens is 356 g/mol. The fourth-order valence-corrected chi connectivity index (χ4v) is 3.12. The smallest absolute Gasteiger partial charge is 0.325 e. The summed E-state index contributed by atoms with van der Waals surface area (Å²) < 4.78 is 15.8. The van der Waals surface area contributed by atoms with Crippen LogP contribution in [-0.4, -0.2) is 30.1 Å². The van der Waals surface area contributed by atoms with E-state index in [0.717, 1.165) is 5.56 Å². The number of anilines is 2. The fourth-order valence-electron chi connectivity index (χ4n) is 2.38. The number of carbonyl (C=O) groups is 1. The molecule has 0 spiro atoms. The molecule has 132 valence electrons. The lowest BCUT2D eigenvalue weighted by Crippen LogP contribution is -2.19. The average molecular weight is 370 g/mol. The van der Waals surface area contributed by atoms with E-state index >= 15 is 0 Å². The number of nitrogens with zero attached hydrogens (tertiary/aromatic N) is 2. The van der Waals surface area contributed by atoms with Gasteiger partial charge >= 0.3 is 6.03 Å². The number of carbonyl (C=O) groups excluding carboxylic acids is 1. The van der Waals surface area contributed by atoms with E-state index in [1.807, 2.05) is 18.2 Å². The molecule has 9 heteroatoms. The number of aromatic nitrogens is 2. The van der Waals surface area contributed by atoms with Crippen LogP contribution in [0.3, 0.4) is 0 Å². The minimum Gasteiger partial charge on any atom is -0.497 e. The van der Waals surface area contributed by atoms with Gasteiger partial charge in [-0.05, 0) is 30.3 Å². The normalized spacial score (nSPS) is 11.9. The number of methoxy groups -OCH3 is 1. The molecule has 2 aromatic carbocycles. The molecular formula is C17H14N4O4S. The van der Waals surface area contributed by atoms with Crippen LogP contribution >= 0.6 is 11.3 Å². The number of hydrogen-bond donors (Lipinski definition) is 2. The van der Waals surface area contributed by atoms with E-state index in [2.05, 4.69) is 20.8 Å². The molecule has 2 heterocycles. The Hall–Kier alpha value is -3.33. The van der Waals surface area contributed by atoms with Crippen LogP contribution in [0.2, 0.25) is 0 Å². The van der Waals surface area contributed by atoms with E-state index in [1.54, 1.807) is 31.4 Å². The highest BCUT2D eigenvalue weighted by Crippen LogP contribution is 2.37. The zero-order valence-electron chi connectivity index (χ0n) is 13.7. The highest BCUT2D eigenvalue weighted by atomic mass is 32.1. The van der Waals surface area contributed by atoms with Crippen molar-refractivity contribution >= 4 is 28.2 Å². The number of amides is 2. The van der Waals surface area contributed by atoms with Gasteiger partial charge < -0.3 is 19.5 Å². The van der Waals surface area contributed by atoms with Crippen LogP contribution in [0.1, 0.15) is 0 Å². The number of hydrogen-bond acceptors (Lipinski definition) is 7. The quantitative estimate of drug-likeness (QED) is 0.729. The van der Waals surface area contributed by atoms with E-state index < -0.39 is 6.03 Å². The molecule has 0 fully saturated rings. The fraction of sp³-hybridized carbons (Fsp3) is 0.118. The van der Waals surface area contributed by atoms with Crippen LogP contribution in [0.25, 0.3) is 10.6 Å². The maximum absolute atomic E-state index is 12.1. The molecule has 0 atom stereocenters. The first-order chi connectivity index (χ1) is 12.7. The summed E-state index contributed by atoms with van der Waals surface area (Å²) in [6.45, 7) is 0.214. The Bertz CT molecular complexity index is 959. The summed E-state index contributed by atoms with van der Waals surface area (Å²) in [5.74, 6) is 2.03. The first-order valence-electron chi connectivity index (χ1n) is 7.67. The molecule has 4 rings (SSSR count). The van der Waals surface area contributed by atoms with Crippen LogP contribution in [0.15, 0.2) is 42.5 Å². The summed E-state index contributed by atoms with van der Waals surface area (Å²) in [7, 11) is 1.57. The van der Waals surface area contributed by atoms with Crippen molar-refractivity contribution in [3.05, 3.63) is 42.5 Å². The topological polar surface area (TPSA) is 94.6 Å². The molecule has 1 aromatic heterocycles. The van der Waals surface area contributed by atoms with Gasteiger partial charge in [-0.15, -0.1) is 10.2 Å². The van der Waals surface area contributed by atoms with Gasteiger partial charge in [0.05, 0.1) is 7.11 Å². The van der Waals surface area contributed by atoms with Gasteiger partial charge in [0.25, 0.3) is 0 Å². The van der Waals surface area contributed by atoms with Gasteiger partial charge in [0, 0.05) is 17.3 Å². The van der Waals surface area contributed by atoms with E-state index in [-0.39, 0.29) is 6.79 Å². The van der Waals surface area contributed by atoms with Gasteiger partial charge in [-0.1, -0.05) is 17.4 Å². The van der Waals surface area contributed by atoms with Crippen molar-refractivity contribution in [3.8, 4) is 27.8 Å². The molecule has 3 aromatic rings. The number of ether oxygens (including phenoxy) is 3. The van der Waals surface area contributed by atoms with Gasteiger partial charge in [0.1, 0.15) is 10.8 Å². The standard InChI is InChI=1S/C17H14N4O4S/c1-23-12-4-2-3-11(8-12)18-16(22)19-17-21-20-15(26-17)10-5-6-13-14(7-10)25-9-24-13/h2-8H,9H2,1H3,(H2,18,19,21,22). The minimum atomic E-state index is -0.411. The minimum absolute atomic E-state index is 0.214. The van der Waals surface area contributed by atoms with E-state index in [9.17, 15) is 4.79 Å². The molecule has 0 saturated carbocycles. The molecule has 1 aliphatic heterocycles. The lowest BCUT2D eigenvalue weighted by molar-refractivity contribution is 0.174. The van der Waals surface area contributed by atoms with Crippen molar-refractivity contribution < 1.29 is 19.0 Å². The first kappa shape index (κ1) is 16.2. The van der Waals surface area contributed by atoms with Crippen molar-refractivity contribution in [2.24, 2.45) is 0 Å². The molecule has 0 radical (unpaired) electrons. The van der Waals surface area contributed by atoms with Crippen molar-refractivity contribution in [1.82, 2.24) is 10.2 Å². The number of urea groups is 1. The van der Waals surface area contributed by atoms with Gasteiger partial charge in [0.2, 0.25) is 11.9 Å². The van der Waals surface area contributed by atoms with Crippen LogP contribution < -0.4 is 24.8 Å². The third-order valence-electron chi connectivity index (χ3n) is 3.59. The van der Waals surface area contributed by atoms with Crippen molar-refractivity contribution in [1.29, 1.82) is 0 Å². The third-order valence-corrected chi connectivity index (χ3v) is 4.48. The maximum atomic E-state index is 12.1. The second kappa shape index (κ2) is 6.89. The van der Waals surface area contributed by atoms with Crippen LogP contribution in [0, 0.1) is 0 Å². The monoisotopic (exact) mass is 370 g/mol. The number of rotatable bonds is 4. The second-order valence-electron chi connectivity index (χ2n) is 5.29. The van der Waals surface area contributed by atoms with E-state index in [0.29, 0.717) is 33.1 Å². The third kappa shape index (κ3) is 3.38. The predicted molar refractivity (Wildman–Crippen MR) is 97.1 cm³/mol. The van der Waals surface area contributed by atoms with Crippen LogP contribution in [0.4, 0.5) is 15.6 Å². The zero-order chi connectivity index (χ0) is 17.9. The highest BCUT2D eigenvalue weighted by Gasteiger charge is 2.16. The molecule has 0 aliphatic carbocycles. The largest absolute Gasteiger partial charge is 0.497 e. The molecule has 1 aliphatic rings.